The number of piperidine rings is 1. The van der Waals surface area contributed by atoms with Gasteiger partial charge in [-0.25, -0.2) is 9.78 Å². The SMILES string of the molecule is CC(C)[C@H]1COC(=O)N1c1cncc(C2CCN(C)CC2)n1. The van der Waals surface area contributed by atoms with Crippen molar-refractivity contribution >= 4 is 11.9 Å². The Balaban J connectivity index is 1.83. The maximum absolute atomic E-state index is 12.0. The number of aromatic nitrogens is 2. The second-order valence-corrected chi connectivity index (χ2v) is 6.64. The number of hydrogen-bond donors (Lipinski definition) is 0. The van der Waals surface area contributed by atoms with Crippen molar-refractivity contribution in [2.45, 2.75) is 38.6 Å². The summed E-state index contributed by atoms with van der Waals surface area (Å²) in [7, 11) is 2.14. The third-order valence-corrected chi connectivity index (χ3v) is 4.70. The summed E-state index contributed by atoms with van der Waals surface area (Å²) in [5, 5.41) is 0. The lowest BCUT2D eigenvalue weighted by molar-refractivity contribution is 0.177. The van der Waals surface area contributed by atoms with Crippen LogP contribution in [0.1, 0.15) is 38.3 Å². The largest absolute Gasteiger partial charge is 0.447 e. The monoisotopic (exact) mass is 304 g/mol. The molecule has 0 aromatic carbocycles. The number of cyclic esters (lactones) is 1. The average molecular weight is 304 g/mol. The Bertz CT molecular complexity index is 541. The van der Waals surface area contributed by atoms with Crippen molar-refractivity contribution in [2.75, 3.05) is 31.6 Å². The first kappa shape index (κ1) is 15.2. The molecule has 3 heterocycles. The van der Waals surface area contributed by atoms with Gasteiger partial charge in [0.25, 0.3) is 0 Å². The van der Waals surface area contributed by atoms with E-state index in [1.165, 1.54) is 0 Å². The number of nitrogens with zero attached hydrogens (tertiary/aromatic N) is 4. The Morgan fingerprint density at radius 1 is 1.27 bits per heavy atom. The molecule has 1 amide bonds. The van der Waals surface area contributed by atoms with E-state index in [1.54, 1.807) is 11.1 Å². The Morgan fingerprint density at radius 2 is 2.00 bits per heavy atom. The predicted octanol–water partition coefficient (Wildman–Crippen LogP) is 2.27. The number of rotatable bonds is 3. The molecule has 120 valence electrons. The van der Waals surface area contributed by atoms with Crippen LogP contribution in [0.4, 0.5) is 10.6 Å². The molecule has 2 fully saturated rings. The quantitative estimate of drug-likeness (QED) is 0.857. The number of amides is 1. The van der Waals surface area contributed by atoms with Gasteiger partial charge in [-0.3, -0.25) is 9.88 Å². The van der Waals surface area contributed by atoms with E-state index >= 15 is 0 Å². The lowest BCUT2D eigenvalue weighted by Crippen LogP contribution is -2.38. The van der Waals surface area contributed by atoms with Crippen molar-refractivity contribution in [1.29, 1.82) is 0 Å². The van der Waals surface area contributed by atoms with Crippen LogP contribution in [0.15, 0.2) is 12.4 Å². The number of carbonyl (C=O) groups excluding carboxylic acids is 1. The van der Waals surface area contributed by atoms with Gasteiger partial charge in [-0.2, -0.15) is 0 Å². The highest BCUT2D eigenvalue weighted by Gasteiger charge is 2.37. The van der Waals surface area contributed by atoms with Crippen molar-refractivity contribution in [2.24, 2.45) is 5.92 Å². The zero-order valence-corrected chi connectivity index (χ0v) is 13.5. The number of likely N-dealkylation sites (tertiary alicyclic amines) is 1. The van der Waals surface area contributed by atoms with Crippen molar-refractivity contribution in [1.82, 2.24) is 14.9 Å². The van der Waals surface area contributed by atoms with Crippen LogP contribution in [0, 0.1) is 5.92 Å². The molecule has 22 heavy (non-hydrogen) atoms. The molecule has 2 aliphatic rings. The van der Waals surface area contributed by atoms with Gasteiger partial charge in [0.15, 0.2) is 5.82 Å². The van der Waals surface area contributed by atoms with E-state index < -0.39 is 0 Å². The van der Waals surface area contributed by atoms with Crippen LogP contribution < -0.4 is 4.90 Å². The highest BCUT2D eigenvalue weighted by molar-refractivity contribution is 5.89. The van der Waals surface area contributed by atoms with Gasteiger partial charge in [0.05, 0.1) is 17.9 Å². The van der Waals surface area contributed by atoms with E-state index in [2.05, 4.69) is 30.8 Å². The fourth-order valence-corrected chi connectivity index (χ4v) is 3.18. The molecule has 0 saturated carbocycles. The van der Waals surface area contributed by atoms with Gasteiger partial charge in [0, 0.05) is 12.1 Å². The standard InChI is InChI=1S/C16H24N4O2/c1-11(2)14-10-22-16(21)20(14)15-9-17-8-13(18-15)12-4-6-19(3)7-5-12/h8-9,11-12,14H,4-7,10H2,1-3H3/t14-/m1/s1. The molecular weight excluding hydrogens is 280 g/mol. The fraction of sp³-hybridized carbons (Fsp3) is 0.688. The summed E-state index contributed by atoms with van der Waals surface area (Å²) in [6.07, 6.45) is 5.37. The van der Waals surface area contributed by atoms with E-state index in [0.29, 0.717) is 24.3 Å². The lowest BCUT2D eigenvalue weighted by Gasteiger charge is -2.29. The van der Waals surface area contributed by atoms with Crippen LogP contribution in [0.25, 0.3) is 0 Å². The van der Waals surface area contributed by atoms with Crippen LogP contribution >= 0.6 is 0 Å². The smallest absolute Gasteiger partial charge is 0.415 e. The molecule has 2 aliphatic heterocycles. The van der Waals surface area contributed by atoms with Crippen LogP contribution in [0.2, 0.25) is 0 Å². The third-order valence-electron chi connectivity index (χ3n) is 4.70. The zero-order valence-electron chi connectivity index (χ0n) is 13.5. The first-order valence-corrected chi connectivity index (χ1v) is 8.02. The summed E-state index contributed by atoms with van der Waals surface area (Å²) in [6, 6.07) is 0.0366. The van der Waals surface area contributed by atoms with Gasteiger partial charge >= 0.3 is 6.09 Å². The van der Waals surface area contributed by atoms with Crippen molar-refractivity contribution in [3.63, 3.8) is 0 Å². The van der Waals surface area contributed by atoms with Crippen molar-refractivity contribution < 1.29 is 9.53 Å². The predicted molar refractivity (Wildman–Crippen MR) is 84.0 cm³/mol. The molecule has 0 N–H and O–H groups in total. The molecule has 0 radical (unpaired) electrons. The number of carbonyl (C=O) groups is 1. The zero-order chi connectivity index (χ0) is 15.7. The molecule has 0 aliphatic carbocycles. The molecule has 0 bridgehead atoms. The molecule has 0 unspecified atom stereocenters. The maximum atomic E-state index is 12.0. The Kier molecular flexibility index (Phi) is 4.29. The van der Waals surface area contributed by atoms with Gasteiger partial charge < -0.3 is 9.64 Å². The molecular formula is C16H24N4O2. The molecule has 3 rings (SSSR count). The maximum Gasteiger partial charge on any atom is 0.415 e. The summed E-state index contributed by atoms with van der Waals surface area (Å²) >= 11 is 0. The molecule has 1 aromatic heterocycles. The van der Waals surface area contributed by atoms with E-state index in [9.17, 15) is 4.79 Å². The number of hydrogen-bond acceptors (Lipinski definition) is 5. The minimum absolute atomic E-state index is 0.0366. The normalized spacial score (nSPS) is 24.1. The minimum atomic E-state index is -0.312. The van der Waals surface area contributed by atoms with Crippen molar-refractivity contribution in [3.8, 4) is 0 Å². The van der Waals surface area contributed by atoms with E-state index in [1.807, 2.05) is 6.20 Å². The van der Waals surface area contributed by atoms with Crippen LogP contribution in [-0.2, 0) is 4.74 Å². The topological polar surface area (TPSA) is 58.6 Å². The Labute approximate surface area is 131 Å². The molecule has 1 atom stereocenters. The van der Waals surface area contributed by atoms with Crippen LogP contribution in [-0.4, -0.2) is 53.7 Å². The number of anilines is 1. The molecule has 6 heteroatoms. The lowest BCUT2D eigenvalue weighted by atomic mass is 9.94. The van der Waals surface area contributed by atoms with Crippen LogP contribution in [0.5, 0.6) is 0 Å². The first-order valence-electron chi connectivity index (χ1n) is 8.02. The van der Waals surface area contributed by atoms with Crippen molar-refractivity contribution in [3.05, 3.63) is 18.1 Å². The average Bonchev–Trinajstić information content (AvgIpc) is 2.90. The Hall–Kier alpha value is -1.69. The number of ether oxygens (including phenoxy) is 1. The van der Waals surface area contributed by atoms with E-state index in [4.69, 9.17) is 9.72 Å². The summed E-state index contributed by atoms with van der Waals surface area (Å²) in [6.45, 7) is 6.77. The first-order chi connectivity index (χ1) is 10.6. The van der Waals surface area contributed by atoms with Gasteiger partial charge in [-0.05, 0) is 38.9 Å². The Morgan fingerprint density at radius 3 is 2.68 bits per heavy atom. The highest BCUT2D eigenvalue weighted by atomic mass is 16.6. The molecule has 2 saturated heterocycles. The minimum Gasteiger partial charge on any atom is -0.447 e. The van der Waals surface area contributed by atoms with Gasteiger partial charge in [-0.15, -0.1) is 0 Å². The summed E-state index contributed by atoms with van der Waals surface area (Å²) in [5.41, 5.74) is 0.993. The van der Waals surface area contributed by atoms with Crippen LogP contribution in [0.3, 0.4) is 0 Å². The van der Waals surface area contributed by atoms with Gasteiger partial charge in [0.2, 0.25) is 0 Å². The molecule has 6 nitrogen and oxygen atoms in total. The third kappa shape index (κ3) is 2.92. The van der Waals surface area contributed by atoms with Gasteiger partial charge in [-0.1, -0.05) is 13.8 Å². The van der Waals surface area contributed by atoms with Gasteiger partial charge in [0.1, 0.15) is 6.61 Å². The highest BCUT2D eigenvalue weighted by Crippen LogP contribution is 2.29. The summed E-state index contributed by atoms with van der Waals surface area (Å²) in [4.78, 5) is 25.1. The van der Waals surface area contributed by atoms with E-state index in [-0.39, 0.29) is 12.1 Å². The molecule has 1 aromatic rings. The second kappa shape index (κ2) is 6.20. The second-order valence-electron chi connectivity index (χ2n) is 6.64. The fourth-order valence-electron chi connectivity index (χ4n) is 3.18. The molecule has 0 spiro atoms. The van der Waals surface area contributed by atoms with E-state index in [0.717, 1.165) is 31.6 Å². The summed E-state index contributed by atoms with van der Waals surface area (Å²) < 4.78 is 5.21. The summed E-state index contributed by atoms with van der Waals surface area (Å²) in [5.74, 6) is 1.37.